The van der Waals surface area contributed by atoms with Crippen LogP contribution in [0.1, 0.15) is 15.9 Å². The monoisotopic (exact) mass is 194 g/mol. The second-order valence-corrected chi connectivity index (χ2v) is 3.45. The lowest BCUT2D eigenvalue weighted by Crippen LogP contribution is -2.03. The van der Waals surface area contributed by atoms with E-state index in [1.54, 1.807) is 12.1 Å². The molecule has 0 aromatic heterocycles. The van der Waals surface area contributed by atoms with Gasteiger partial charge in [0.15, 0.2) is 0 Å². The van der Waals surface area contributed by atoms with Crippen LogP contribution in [0.25, 0.3) is 10.8 Å². The molecular formula is C12H6N2O. The van der Waals surface area contributed by atoms with Crippen molar-refractivity contribution in [3.8, 4) is 6.07 Å². The Morgan fingerprint density at radius 1 is 1.20 bits per heavy atom. The number of hydrogen-bond donors (Lipinski definition) is 1. The molecule has 3 heteroatoms. The average Bonchev–Trinajstić information content (AvgIpc) is 2.58. The highest BCUT2D eigenvalue weighted by atomic mass is 16.1. The molecule has 2 aromatic carbocycles. The lowest BCUT2D eigenvalue weighted by Gasteiger charge is -2.00. The lowest BCUT2D eigenvalue weighted by molar-refractivity contribution is 0.103. The van der Waals surface area contributed by atoms with Crippen LogP contribution in [0, 0.1) is 11.3 Å². The summed E-state index contributed by atoms with van der Waals surface area (Å²) < 4.78 is 0. The largest absolute Gasteiger partial charge is 0.321 e. The van der Waals surface area contributed by atoms with Crippen molar-refractivity contribution in [2.24, 2.45) is 0 Å². The molecule has 1 amide bonds. The predicted octanol–water partition coefficient (Wildman–Crippen LogP) is 2.28. The van der Waals surface area contributed by atoms with Crippen LogP contribution in [0.3, 0.4) is 0 Å². The van der Waals surface area contributed by atoms with E-state index >= 15 is 0 Å². The Labute approximate surface area is 85.9 Å². The van der Waals surface area contributed by atoms with Gasteiger partial charge in [0.05, 0.1) is 11.6 Å². The summed E-state index contributed by atoms with van der Waals surface area (Å²) in [7, 11) is 0. The maximum Gasteiger partial charge on any atom is 0.256 e. The zero-order chi connectivity index (χ0) is 10.4. The molecule has 0 saturated carbocycles. The van der Waals surface area contributed by atoms with Crippen LogP contribution >= 0.6 is 0 Å². The first-order valence-corrected chi connectivity index (χ1v) is 4.58. The van der Waals surface area contributed by atoms with Crippen molar-refractivity contribution in [1.29, 1.82) is 5.26 Å². The zero-order valence-corrected chi connectivity index (χ0v) is 7.74. The van der Waals surface area contributed by atoms with Gasteiger partial charge in [-0.1, -0.05) is 12.1 Å². The fourth-order valence-electron chi connectivity index (χ4n) is 1.99. The third-order valence-corrected chi connectivity index (χ3v) is 2.65. The van der Waals surface area contributed by atoms with E-state index in [2.05, 4.69) is 11.4 Å². The van der Waals surface area contributed by atoms with Gasteiger partial charge in [-0.15, -0.1) is 0 Å². The quantitative estimate of drug-likeness (QED) is 0.699. The van der Waals surface area contributed by atoms with Crippen molar-refractivity contribution >= 4 is 22.4 Å². The summed E-state index contributed by atoms with van der Waals surface area (Å²) in [5.41, 5.74) is 2.05. The normalized spacial score (nSPS) is 12.6. The summed E-state index contributed by atoms with van der Waals surface area (Å²) in [6.07, 6.45) is 0. The minimum Gasteiger partial charge on any atom is -0.321 e. The summed E-state index contributed by atoms with van der Waals surface area (Å²) in [5, 5.41) is 13.4. The topological polar surface area (TPSA) is 52.9 Å². The molecule has 0 bridgehead atoms. The highest BCUT2D eigenvalue weighted by Gasteiger charge is 2.21. The van der Waals surface area contributed by atoms with E-state index in [0.29, 0.717) is 11.1 Å². The fraction of sp³-hybridized carbons (Fsp3) is 0. The Bertz CT molecular complexity index is 638. The van der Waals surface area contributed by atoms with Crippen LogP contribution in [0.15, 0.2) is 30.3 Å². The van der Waals surface area contributed by atoms with Gasteiger partial charge in [-0.05, 0) is 18.2 Å². The summed E-state index contributed by atoms with van der Waals surface area (Å²) in [4.78, 5) is 11.6. The molecule has 1 N–H and O–H groups in total. The molecule has 1 heterocycles. The van der Waals surface area contributed by atoms with Crippen molar-refractivity contribution in [2.45, 2.75) is 0 Å². The van der Waals surface area contributed by atoms with Gasteiger partial charge in [-0.2, -0.15) is 5.26 Å². The molecule has 0 atom stereocenters. The third-order valence-electron chi connectivity index (χ3n) is 2.65. The van der Waals surface area contributed by atoms with E-state index in [-0.39, 0.29) is 5.91 Å². The first-order chi connectivity index (χ1) is 7.31. The number of hydrogen-bond acceptors (Lipinski definition) is 2. The highest BCUT2D eigenvalue weighted by Crippen LogP contribution is 2.34. The molecule has 0 radical (unpaired) electrons. The van der Waals surface area contributed by atoms with Crippen LogP contribution in [0.5, 0.6) is 0 Å². The maximum atomic E-state index is 11.6. The molecule has 3 nitrogen and oxygen atoms in total. The van der Waals surface area contributed by atoms with Gasteiger partial charge in [-0.25, -0.2) is 0 Å². The van der Waals surface area contributed by atoms with Crippen molar-refractivity contribution in [2.75, 3.05) is 5.32 Å². The van der Waals surface area contributed by atoms with Crippen molar-refractivity contribution in [3.05, 3.63) is 41.5 Å². The second kappa shape index (κ2) is 2.58. The van der Waals surface area contributed by atoms with Gasteiger partial charge in [0.1, 0.15) is 0 Å². The molecule has 15 heavy (non-hydrogen) atoms. The van der Waals surface area contributed by atoms with Crippen LogP contribution in [-0.4, -0.2) is 5.91 Å². The standard InChI is InChI=1S/C12H6N2O/c13-6-7-4-5-9-11-8(7)2-1-3-10(11)14-12(9)15/h1-5H,(H,14,15). The molecular weight excluding hydrogens is 188 g/mol. The zero-order valence-electron chi connectivity index (χ0n) is 7.74. The highest BCUT2D eigenvalue weighted by molar-refractivity contribution is 6.24. The second-order valence-electron chi connectivity index (χ2n) is 3.45. The number of rotatable bonds is 0. The number of carbonyl (C=O) groups is 1. The Morgan fingerprint density at radius 3 is 2.87 bits per heavy atom. The molecule has 1 aliphatic rings. The molecule has 0 fully saturated rings. The van der Waals surface area contributed by atoms with Gasteiger partial charge >= 0.3 is 0 Å². The van der Waals surface area contributed by atoms with Gasteiger partial charge < -0.3 is 5.32 Å². The number of carbonyl (C=O) groups excluding carboxylic acids is 1. The third kappa shape index (κ3) is 0.906. The average molecular weight is 194 g/mol. The van der Waals surface area contributed by atoms with E-state index in [9.17, 15) is 4.79 Å². The number of benzene rings is 2. The summed E-state index contributed by atoms with van der Waals surface area (Å²) >= 11 is 0. The Kier molecular flexibility index (Phi) is 1.38. The minimum absolute atomic E-state index is 0.0920. The number of nitrogens with zero attached hydrogens (tertiary/aromatic N) is 1. The molecule has 1 aliphatic heterocycles. The van der Waals surface area contributed by atoms with E-state index in [1.807, 2.05) is 18.2 Å². The smallest absolute Gasteiger partial charge is 0.256 e. The number of nitriles is 1. The first kappa shape index (κ1) is 8.01. The molecule has 0 unspecified atom stereocenters. The molecule has 70 valence electrons. The van der Waals surface area contributed by atoms with E-state index in [4.69, 9.17) is 5.26 Å². The summed E-state index contributed by atoms with van der Waals surface area (Å²) in [6.45, 7) is 0. The van der Waals surface area contributed by atoms with Crippen molar-refractivity contribution in [3.63, 3.8) is 0 Å². The number of nitrogens with one attached hydrogen (secondary N) is 1. The maximum absolute atomic E-state index is 11.6. The number of amides is 1. The fourth-order valence-corrected chi connectivity index (χ4v) is 1.99. The summed E-state index contributed by atoms with van der Waals surface area (Å²) in [6, 6.07) is 11.1. The van der Waals surface area contributed by atoms with E-state index in [1.165, 1.54) is 0 Å². The SMILES string of the molecule is N#Cc1ccc2c3c(cccc13)NC2=O. The van der Waals surface area contributed by atoms with Crippen LogP contribution in [0.4, 0.5) is 5.69 Å². The Hall–Kier alpha value is -2.34. The van der Waals surface area contributed by atoms with E-state index < -0.39 is 0 Å². The van der Waals surface area contributed by atoms with Crippen LogP contribution in [-0.2, 0) is 0 Å². The Morgan fingerprint density at radius 2 is 2.07 bits per heavy atom. The van der Waals surface area contributed by atoms with Crippen LogP contribution in [0.2, 0.25) is 0 Å². The van der Waals surface area contributed by atoms with Crippen molar-refractivity contribution in [1.82, 2.24) is 0 Å². The minimum atomic E-state index is -0.0920. The van der Waals surface area contributed by atoms with Crippen LogP contribution < -0.4 is 5.32 Å². The molecule has 0 aliphatic carbocycles. The molecule has 2 aromatic rings. The Balaban J connectivity index is 2.57. The molecule has 0 saturated heterocycles. The van der Waals surface area contributed by atoms with Gasteiger partial charge in [-0.3, -0.25) is 4.79 Å². The van der Waals surface area contributed by atoms with Crippen molar-refractivity contribution < 1.29 is 4.79 Å². The lowest BCUT2D eigenvalue weighted by atomic mass is 10.0. The molecule has 0 spiro atoms. The van der Waals surface area contributed by atoms with E-state index in [0.717, 1.165) is 16.5 Å². The predicted molar refractivity (Wildman–Crippen MR) is 56.6 cm³/mol. The number of anilines is 1. The first-order valence-electron chi connectivity index (χ1n) is 4.58. The molecule has 3 rings (SSSR count). The summed E-state index contributed by atoms with van der Waals surface area (Å²) in [5.74, 6) is -0.0920. The van der Waals surface area contributed by atoms with Gasteiger partial charge in [0.25, 0.3) is 5.91 Å². The van der Waals surface area contributed by atoms with Gasteiger partial charge in [0.2, 0.25) is 0 Å². The van der Waals surface area contributed by atoms with Gasteiger partial charge in [0, 0.05) is 22.0 Å².